The average Bonchev–Trinajstić information content (AvgIpc) is 2.84. The normalized spacial score (nSPS) is 10.8. The first-order valence-corrected chi connectivity index (χ1v) is 10.8. The molecule has 0 amide bonds. The lowest BCUT2D eigenvalue weighted by Crippen LogP contribution is -1.82. The third kappa shape index (κ3) is 8.42. The van der Waals surface area contributed by atoms with Crippen molar-refractivity contribution in [3.05, 3.63) is 138 Å². The summed E-state index contributed by atoms with van der Waals surface area (Å²) < 4.78 is 0. The van der Waals surface area contributed by atoms with Crippen LogP contribution in [0.1, 0.15) is 22.3 Å². The highest BCUT2D eigenvalue weighted by Crippen LogP contribution is 2.23. The van der Waals surface area contributed by atoms with E-state index >= 15 is 0 Å². The molecule has 0 radical (unpaired) electrons. The van der Waals surface area contributed by atoms with Crippen LogP contribution in [0.5, 0.6) is 17.2 Å². The third-order valence-corrected chi connectivity index (χ3v) is 4.92. The van der Waals surface area contributed by atoms with Crippen LogP contribution in [0.25, 0.3) is 12.2 Å². The molecule has 0 aliphatic rings. The Morgan fingerprint density at radius 1 is 0.515 bits per heavy atom. The number of benzene rings is 4. The second-order valence-corrected chi connectivity index (χ2v) is 7.51. The molecule has 3 nitrogen and oxygen atoms in total. The fourth-order valence-electron chi connectivity index (χ4n) is 3.14. The second-order valence-electron chi connectivity index (χ2n) is 7.51. The van der Waals surface area contributed by atoms with Crippen LogP contribution >= 0.6 is 0 Å². The summed E-state index contributed by atoms with van der Waals surface area (Å²) >= 11 is 0. The van der Waals surface area contributed by atoms with Gasteiger partial charge in [0, 0.05) is 6.07 Å². The van der Waals surface area contributed by atoms with Crippen molar-refractivity contribution in [2.24, 2.45) is 0 Å². The van der Waals surface area contributed by atoms with Gasteiger partial charge in [0.1, 0.15) is 17.2 Å². The summed E-state index contributed by atoms with van der Waals surface area (Å²) in [7, 11) is 0. The number of allylic oxidation sites excluding steroid dienone is 2. The van der Waals surface area contributed by atoms with Gasteiger partial charge in [-0.2, -0.15) is 0 Å². The number of phenolic OH excluding ortho intramolecular Hbond substituents is 3. The molecule has 4 aromatic rings. The zero-order valence-electron chi connectivity index (χ0n) is 18.4. The van der Waals surface area contributed by atoms with Gasteiger partial charge in [0.2, 0.25) is 0 Å². The van der Waals surface area contributed by atoms with Crippen molar-refractivity contribution in [3.8, 4) is 17.2 Å². The minimum Gasteiger partial charge on any atom is -0.508 e. The van der Waals surface area contributed by atoms with Crippen molar-refractivity contribution < 1.29 is 15.3 Å². The molecular formula is C30H28O3. The molecule has 166 valence electrons. The molecule has 3 N–H and O–H groups in total. The fourth-order valence-corrected chi connectivity index (χ4v) is 3.14. The number of hydrogen-bond acceptors (Lipinski definition) is 3. The van der Waals surface area contributed by atoms with E-state index in [4.69, 9.17) is 10.2 Å². The highest BCUT2D eigenvalue weighted by atomic mass is 16.3. The molecule has 0 spiro atoms. The van der Waals surface area contributed by atoms with Gasteiger partial charge in [0.15, 0.2) is 0 Å². The maximum absolute atomic E-state index is 9.59. The first-order chi connectivity index (χ1) is 16.1. The number of phenols is 3. The lowest BCUT2D eigenvalue weighted by atomic mass is 10.1. The van der Waals surface area contributed by atoms with Crippen molar-refractivity contribution in [1.82, 2.24) is 0 Å². The maximum atomic E-state index is 9.59. The van der Waals surface area contributed by atoms with Crippen LogP contribution in [0.2, 0.25) is 0 Å². The van der Waals surface area contributed by atoms with Crippen molar-refractivity contribution in [2.75, 3.05) is 0 Å². The summed E-state index contributed by atoms with van der Waals surface area (Å²) in [5.41, 5.74) is 4.34. The van der Waals surface area contributed by atoms with E-state index in [1.165, 1.54) is 17.2 Å². The Hall–Kier alpha value is -4.24. The predicted octanol–water partition coefficient (Wildman–Crippen LogP) is 7.00. The summed E-state index contributed by atoms with van der Waals surface area (Å²) in [5, 5.41) is 27.9. The van der Waals surface area contributed by atoms with E-state index in [0.717, 1.165) is 17.5 Å². The van der Waals surface area contributed by atoms with E-state index in [9.17, 15) is 5.11 Å². The molecule has 0 aliphatic heterocycles. The van der Waals surface area contributed by atoms with Gasteiger partial charge in [-0.1, -0.05) is 103 Å². The Labute approximate surface area is 195 Å². The van der Waals surface area contributed by atoms with Crippen LogP contribution in [0.3, 0.4) is 0 Å². The van der Waals surface area contributed by atoms with Gasteiger partial charge in [0.25, 0.3) is 0 Å². The molecule has 0 aliphatic carbocycles. The summed E-state index contributed by atoms with van der Waals surface area (Å²) in [5.74, 6) is 0.525. The Balaban J connectivity index is 0.000000186. The predicted molar refractivity (Wildman–Crippen MR) is 136 cm³/mol. The molecule has 0 atom stereocenters. The number of aromatic hydroxyl groups is 3. The average molecular weight is 437 g/mol. The van der Waals surface area contributed by atoms with Crippen LogP contribution < -0.4 is 0 Å². The zero-order chi connectivity index (χ0) is 23.3. The molecule has 0 heterocycles. The second kappa shape index (κ2) is 12.6. The molecule has 3 heteroatoms. The van der Waals surface area contributed by atoms with E-state index < -0.39 is 0 Å². The quantitative estimate of drug-likeness (QED) is 0.305. The van der Waals surface area contributed by atoms with E-state index in [2.05, 4.69) is 24.3 Å². The largest absolute Gasteiger partial charge is 0.508 e. The maximum Gasteiger partial charge on any atom is 0.122 e. The molecule has 0 saturated heterocycles. The van der Waals surface area contributed by atoms with Crippen LogP contribution in [-0.2, 0) is 12.8 Å². The van der Waals surface area contributed by atoms with Crippen molar-refractivity contribution >= 4 is 12.2 Å². The first-order valence-electron chi connectivity index (χ1n) is 10.8. The molecule has 0 aromatic heterocycles. The summed E-state index contributed by atoms with van der Waals surface area (Å²) in [4.78, 5) is 0. The van der Waals surface area contributed by atoms with Gasteiger partial charge >= 0.3 is 0 Å². The Morgan fingerprint density at radius 3 is 1.58 bits per heavy atom. The molecule has 4 rings (SSSR count). The minimum atomic E-state index is 0.0817. The van der Waals surface area contributed by atoms with Crippen LogP contribution in [0.4, 0.5) is 0 Å². The molecule has 0 saturated carbocycles. The summed E-state index contributed by atoms with van der Waals surface area (Å²) in [6.45, 7) is 0. The molecular weight excluding hydrogens is 408 g/mol. The van der Waals surface area contributed by atoms with E-state index in [1.807, 2.05) is 72.8 Å². The highest BCUT2D eigenvalue weighted by molar-refractivity contribution is 5.51. The summed E-state index contributed by atoms with van der Waals surface area (Å²) in [6.07, 6.45) is 9.75. The lowest BCUT2D eigenvalue weighted by molar-refractivity contribution is 0.447. The summed E-state index contributed by atoms with van der Waals surface area (Å²) in [6, 6.07) is 32.2. The van der Waals surface area contributed by atoms with E-state index in [0.29, 0.717) is 12.2 Å². The standard InChI is InChI=1S/C15H14O2.C15H14O/c16-14-10-9-13(15(17)11-14)8-4-7-12-5-2-1-3-6-12;16-15-11-9-14(10-12-15)8-4-7-13-5-2-1-3-6-13/h1-7,9-11,16-17H,8H2;1-7,9-12,16H,8H2/b2*7-4+. The molecule has 4 aromatic carbocycles. The van der Waals surface area contributed by atoms with Gasteiger partial charge in [-0.25, -0.2) is 0 Å². The Bertz CT molecular complexity index is 1160. The molecule has 33 heavy (non-hydrogen) atoms. The molecule has 0 bridgehead atoms. The molecule has 0 fully saturated rings. The SMILES string of the molecule is Oc1ccc(C/C=C/c2ccccc2)c(O)c1.Oc1ccc(C/C=C/c2ccccc2)cc1. The Kier molecular flexibility index (Phi) is 8.93. The van der Waals surface area contributed by atoms with Gasteiger partial charge in [-0.15, -0.1) is 0 Å². The van der Waals surface area contributed by atoms with E-state index in [1.54, 1.807) is 24.3 Å². The lowest BCUT2D eigenvalue weighted by Gasteiger charge is -2.01. The van der Waals surface area contributed by atoms with Crippen LogP contribution in [-0.4, -0.2) is 15.3 Å². The first kappa shape index (κ1) is 23.4. The highest BCUT2D eigenvalue weighted by Gasteiger charge is 1.99. The van der Waals surface area contributed by atoms with Gasteiger partial charge in [-0.05, 0) is 53.3 Å². The topological polar surface area (TPSA) is 60.7 Å². The van der Waals surface area contributed by atoms with Gasteiger partial charge < -0.3 is 15.3 Å². The Morgan fingerprint density at radius 2 is 1.03 bits per heavy atom. The van der Waals surface area contributed by atoms with Crippen molar-refractivity contribution in [1.29, 1.82) is 0 Å². The van der Waals surface area contributed by atoms with Crippen molar-refractivity contribution in [3.63, 3.8) is 0 Å². The van der Waals surface area contributed by atoms with E-state index in [-0.39, 0.29) is 11.5 Å². The number of rotatable bonds is 6. The van der Waals surface area contributed by atoms with Gasteiger partial charge in [-0.3, -0.25) is 0 Å². The minimum absolute atomic E-state index is 0.0817. The molecule has 0 unspecified atom stereocenters. The van der Waals surface area contributed by atoms with Crippen molar-refractivity contribution in [2.45, 2.75) is 12.8 Å². The van der Waals surface area contributed by atoms with Gasteiger partial charge in [0.05, 0.1) is 0 Å². The smallest absolute Gasteiger partial charge is 0.122 e. The fraction of sp³-hybridized carbons (Fsp3) is 0.0667. The zero-order valence-corrected chi connectivity index (χ0v) is 18.4. The monoisotopic (exact) mass is 436 g/mol. The van der Waals surface area contributed by atoms with Crippen LogP contribution in [0, 0.1) is 0 Å². The third-order valence-electron chi connectivity index (χ3n) is 4.92. The van der Waals surface area contributed by atoms with Crippen LogP contribution in [0.15, 0.2) is 115 Å². The number of hydrogen-bond donors (Lipinski definition) is 3.